The van der Waals surface area contributed by atoms with Crippen molar-refractivity contribution in [2.24, 2.45) is 0 Å². The Labute approximate surface area is 98.5 Å². The molecule has 0 aliphatic rings. The fraction of sp³-hybridized carbons (Fsp3) is 0.364. The van der Waals surface area contributed by atoms with E-state index in [2.05, 4.69) is 5.32 Å². The largest absolute Gasteiger partial charge is 0.383 e. The van der Waals surface area contributed by atoms with E-state index in [1.807, 2.05) is 0 Å². The van der Waals surface area contributed by atoms with Gasteiger partial charge in [0.15, 0.2) is 0 Å². The van der Waals surface area contributed by atoms with Gasteiger partial charge in [0, 0.05) is 24.2 Å². The van der Waals surface area contributed by atoms with Gasteiger partial charge in [0.25, 0.3) is 0 Å². The third kappa shape index (κ3) is 3.79. The normalized spacial score (nSPS) is 10.2. The molecule has 1 aromatic rings. The number of carbonyl (C=O) groups excluding carboxylic acids is 1. The third-order valence-corrected chi connectivity index (χ3v) is 2.38. The monoisotopic (exact) mass is 245 g/mol. The number of benzene rings is 1. The number of methoxy groups -OCH3 is 1. The number of nitrogens with one attached hydrogen (secondary N) is 1. The van der Waals surface area contributed by atoms with Gasteiger partial charge >= 0.3 is 0 Å². The maximum Gasteiger partial charge on any atom is 0.224 e. The minimum Gasteiger partial charge on any atom is -0.383 e. The number of carbonyl (C=O) groups is 1. The summed E-state index contributed by atoms with van der Waals surface area (Å²) >= 11 is 5.79. The number of halogens is 2. The van der Waals surface area contributed by atoms with E-state index in [4.69, 9.17) is 16.3 Å². The van der Waals surface area contributed by atoms with Gasteiger partial charge in [0.2, 0.25) is 5.91 Å². The van der Waals surface area contributed by atoms with Gasteiger partial charge in [-0.15, -0.1) is 0 Å². The fourth-order valence-corrected chi connectivity index (χ4v) is 1.45. The molecule has 3 nitrogen and oxygen atoms in total. The van der Waals surface area contributed by atoms with E-state index in [9.17, 15) is 9.18 Å². The lowest BCUT2D eigenvalue weighted by Crippen LogP contribution is -2.28. The van der Waals surface area contributed by atoms with Gasteiger partial charge in [0.05, 0.1) is 13.0 Å². The highest BCUT2D eigenvalue weighted by Crippen LogP contribution is 2.19. The second kappa shape index (κ2) is 6.45. The first-order valence-corrected chi connectivity index (χ1v) is 5.21. The van der Waals surface area contributed by atoms with Crippen LogP contribution >= 0.6 is 11.6 Å². The molecule has 88 valence electrons. The van der Waals surface area contributed by atoms with Crippen LogP contribution in [-0.2, 0) is 16.0 Å². The molecule has 0 spiro atoms. The van der Waals surface area contributed by atoms with Crippen LogP contribution in [-0.4, -0.2) is 26.2 Å². The summed E-state index contributed by atoms with van der Waals surface area (Å²) in [6, 6.07) is 4.34. The zero-order chi connectivity index (χ0) is 12.0. The van der Waals surface area contributed by atoms with Crippen molar-refractivity contribution in [2.75, 3.05) is 20.3 Å². The van der Waals surface area contributed by atoms with Crippen molar-refractivity contribution in [3.63, 3.8) is 0 Å². The van der Waals surface area contributed by atoms with Crippen molar-refractivity contribution >= 4 is 17.5 Å². The lowest BCUT2D eigenvalue weighted by molar-refractivity contribution is -0.120. The van der Waals surface area contributed by atoms with Crippen LogP contribution in [0.2, 0.25) is 5.02 Å². The SMILES string of the molecule is COCCNC(=O)Cc1c(F)cccc1Cl. The quantitative estimate of drug-likeness (QED) is 0.804. The van der Waals surface area contributed by atoms with Gasteiger partial charge in [-0.05, 0) is 12.1 Å². The Hall–Kier alpha value is -1.13. The molecular weight excluding hydrogens is 233 g/mol. The first kappa shape index (κ1) is 12.9. The topological polar surface area (TPSA) is 38.3 Å². The first-order chi connectivity index (χ1) is 7.65. The molecule has 0 aliphatic carbocycles. The fourth-order valence-electron chi connectivity index (χ4n) is 1.22. The van der Waals surface area contributed by atoms with E-state index in [1.54, 1.807) is 13.2 Å². The minimum atomic E-state index is -0.464. The molecular formula is C11H13ClFNO2. The molecule has 0 saturated heterocycles. The van der Waals surface area contributed by atoms with E-state index in [0.717, 1.165) is 0 Å². The lowest BCUT2D eigenvalue weighted by Gasteiger charge is -2.06. The van der Waals surface area contributed by atoms with Crippen LogP contribution in [0.25, 0.3) is 0 Å². The molecule has 0 saturated carbocycles. The average Bonchev–Trinajstić information content (AvgIpc) is 2.24. The highest BCUT2D eigenvalue weighted by Gasteiger charge is 2.11. The maximum absolute atomic E-state index is 13.3. The number of amides is 1. The average molecular weight is 246 g/mol. The summed E-state index contributed by atoms with van der Waals surface area (Å²) < 4.78 is 18.1. The second-order valence-electron chi connectivity index (χ2n) is 3.22. The second-order valence-corrected chi connectivity index (χ2v) is 3.63. The molecule has 0 aliphatic heterocycles. The van der Waals surface area contributed by atoms with E-state index >= 15 is 0 Å². The molecule has 1 N–H and O–H groups in total. The molecule has 0 aromatic heterocycles. The molecule has 0 heterocycles. The standard InChI is InChI=1S/C11H13ClFNO2/c1-16-6-5-14-11(15)7-8-9(12)3-2-4-10(8)13/h2-4H,5-7H2,1H3,(H,14,15). The van der Waals surface area contributed by atoms with Crippen LogP contribution in [0.1, 0.15) is 5.56 Å². The summed E-state index contributed by atoms with van der Waals surface area (Å²) in [5.41, 5.74) is 0.221. The van der Waals surface area contributed by atoms with Crippen molar-refractivity contribution in [3.8, 4) is 0 Å². The molecule has 1 rings (SSSR count). The van der Waals surface area contributed by atoms with Crippen molar-refractivity contribution < 1.29 is 13.9 Å². The highest BCUT2D eigenvalue weighted by atomic mass is 35.5. The van der Waals surface area contributed by atoms with Crippen molar-refractivity contribution in [1.82, 2.24) is 5.32 Å². The number of rotatable bonds is 5. The Bertz CT molecular complexity index is 351. The Kier molecular flexibility index (Phi) is 5.22. The molecule has 16 heavy (non-hydrogen) atoms. The molecule has 0 radical (unpaired) electrons. The first-order valence-electron chi connectivity index (χ1n) is 4.83. The van der Waals surface area contributed by atoms with Gasteiger partial charge in [-0.25, -0.2) is 4.39 Å². The predicted molar refractivity (Wildman–Crippen MR) is 60.0 cm³/mol. The Morgan fingerprint density at radius 2 is 2.31 bits per heavy atom. The third-order valence-electron chi connectivity index (χ3n) is 2.03. The van der Waals surface area contributed by atoms with Crippen molar-refractivity contribution in [1.29, 1.82) is 0 Å². The van der Waals surface area contributed by atoms with Crippen molar-refractivity contribution in [2.45, 2.75) is 6.42 Å². The van der Waals surface area contributed by atoms with Crippen LogP contribution in [0.4, 0.5) is 4.39 Å². The molecule has 0 fully saturated rings. The zero-order valence-corrected chi connectivity index (χ0v) is 9.68. The van der Waals surface area contributed by atoms with Gasteiger partial charge in [-0.3, -0.25) is 4.79 Å². The van der Waals surface area contributed by atoms with E-state index in [0.29, 0.717) is 13.2 Å². The van der Waals surface area contributed by atoms with E-state index in [1.165, 1.54) is 12.1 Å². The smallest absolute Gasteiger partial charge is 0.224 e. The number of hydrogen-bond acceptors (Lipinski definition) is 2. The van der Waals surface area contributed by atoms with Crippen LogP contribution in [0.5, 0.6) is 0 Å². The van der Waals surface area contributed by atoms with Gasteiger partial charge in [-0.1, -0.05) is 17.7 Å². The molecule has 0 unspecified atom stereocenters. The molecule has 1 amide bonds. The summed E-state index contributed by atoms with van der Waals surface area (Å²) in [4.78, 5) is 11.4. The summed E-state index contributed by atoms with van der Waals surface area (Å²) in [5, 5.41) is 2.86. The number of ether oxygens (including phenoxy) is 1. The van der Waals surface area contributed by atoms with Crippen LogP contribution in [0.15, 0.2) is 18.2 Å². The molecule has 5 heteroatoms. The van der Waals surface area contributed by atoms with Gasteiger partial charge in [0.1, 0.15) is 5.82 Å². The Morgan fingerprint density at radius 1 is 1.56 bits per heavy atom. The number of hydrogen-bond donors (Lipinski definition) is 1. The van der Waals surface area contributed by atoms with Gasteiger partial charge in [-0.2, -0.15) is 0 Å². The zero-order valence-electron chi connectivity index (χ0n) is 8.93. The molecule has 1 aromatic carbocycles. The van der Waals surface area contributed by atoms with E-state index < -0.39 is 5.82 Å². The van der Waals surface area contributed by atoms with Crippen molar-refractivity contribution in [3.05, 3.63) is 34.6 Å². The summed E-state index contributed by atoms with van der Waals surface area (Å²) in [7, 11) is 1.54. The summed E-state index contributed by atoms with van der Waals surface area (Å²) in [6.45, 7) is 0.831. The summed E-state index contributed by atoms with van der Waals surface area (Å²) in [6.07, 6.45) is -0.0603. The van der Waals surface area contributed by atoms with Gasteiger partial charge < -0.3 is 10.1 Å². The molecule has 0 bridgehead atoms. The maximum atomic E-state index is 13.3. The van der Waals surface area contributed by atoms with Crippen LogP contribution in [0.3, 0.4) is 0 Å². The lowest BCUT2D eigenvalue weighted by atomic mass is 10.1. The minimum absolute atomic E-state index is 0.0603. The van der Waals surface area contributed by atoms with Crippen LogP contribution < -0.4 is 5.32 Å². The predicted octanol–water partition coefficient (Wildman–Crippen LogP) is 1.78. The highest BCUT2D eigenvalue weighted by molar-refractivity contribution is 6.31. The Balaban J connectivity index is 2.56. The Morgan fingerprint density at radius 3 is 2.94 bits per heavy atom. The van der Waals surface area contributed by atoms with Crippen LogP contribution in [0, 0.1) is 5.82 Å². The molecule has 0 atom stereocenters. The summed E-state index contributed by atoms with van der Waals surface area (Å²) in [5.74, 6) is -0.738. The van der Waals surface area contributed by atoms with E-state index in [-0.39, 0.29) is 22.9 Å².